The fourth-order valence-corrected chi connectivity index (χ4v) is 2.38. The van der Waals surface area contributed by atoms with E-state index < -0.39 is 0 Å². The van der Waals surface area contributed by atoms with E-state index >= 15 is 0 Å². The van der Waals surface area contributed by atoms with Crippen LogP contribution in [0.25, 0.3) is 5.69 Å². The van der Waals surface area contributed by atoms with Crippen molar-refractivity contribution < 1.29 is 9.47 Å². The smallest absolute Gasteiger partial charge is 0.289 e. The van der Waals surface area contributed by atoms with E-state index in [0.717, 1.165) is 5.75 Å². The van der Waals surface area contributed by atoms with Gasteiger partial charge in [0.25, 0.3) is 5.56 Å². The summed E-state index contributed by atoms with van der Waals surface area (Å²) in [5.41, 5.74) is 1.19. The van der Waals surface area contributed by atoms with E-state index in [9.17, 15) is 4.79 Å². The van der Waals surface area contributed by atoms with E-state index in [1.807, 2.05) is 10.8 Å². The number of aromatic nitrogens is 2. The summed E-state index contributed by atoms with van der Waals surface area (Å²) in [4.78, 5) is 12.4. The molecule has 6 heteroatoms. The highest BCUT2D eigenvalue weighted by atomic mass is 16.5. The second-order valence-corrected chi connectivity index (χ2v) is 4.42. The van der Waals surface area contributed by atoms with Crippen molar-refractivity contribution in [3.8, 4) is 17.5 Å². The normalized spacial score (nSPS) is 13.6. The third kappa shape index (κ3) is 1.80. The first-order valence-electron chi connectivity index (χ1n) is 6.23. The van der Waals surface area contributed by atoms with Gasteiger partial charge in [0, 0.05) is 0 Å². The number of nitriles is 1. The molecule has 102 valence electrons. The molecule has 2 aromatic rings. The molecule has 1 aromatic heterocycles. The Morgan fingerprint density at radius 1 is 1.35 bits per heavy atom. The van der Waals surface area contributed by atoms with Crippen molar-refractivity contribution in [2.75, 3.05) is 13.7 Å². The van der Waals surface area contributed by atoms with Crippen LogP contribution in [-0.4, -0.2) is 23.1 Å². The minimum absolute atomic E-state index is 0.153. The topological polar surface area (TPSA) is 69.2 Å². The summed E-state index contributed by atoms with van der Waals surface area (Å²) in [6.45, 7) is 1.38. The Balaban J connectivity index is 2.20. The van der Waals surface area contributed by atoms with Crippen LogP contribution >= 0.6 is 0 Å². The number of hydrogen-bond donors (Lipinski definition) is 0. The molecule has 2 heterocycles. The van der Waals surface area contributed by atoms with Gasteiger partial charge in [0.15, 0.2) is 0 Å². The summed E-state index contributed by atoms with van der Waals surface area (Å²) in [7, 11) is 1.59. The van der Waals surface area contributed by atoms with Gasteiger partial charge in [-0.15, -0.1) is 0 Å². The molecule has 6 nitrogen and oxygen atoms in total. The largest absolute Gasteiger partial charge is 0.497 e. The van der Waals surface area contributed by atoms with Gasteiger partial charge in [-0.25, -0.2) is 4.68 Å². The Hall–Kier alpha value is -2.52. The quantitative estimate of drug-likeness (QED) is 0.818. The number of rotatable bonds is 2. The summed E-state index contributed by atoms with van der Waals surface area (Å²) in [5, 5.41) is 9.16. The van der Waals surface area contributed by atoms with E-state index in [-0.39, 0.29) is 11.1 Å². The van der Waals surface area contributed by atoms with Gasteiger partial charge < -0.3 is 9.47 Å². The van der Waals surface area contributed by atoms with Crippen molar-refractivity contribution in [3.05, 3.63) is 45.9 Å². The maximum Gasteiger partial charge on any atom is 0.289 e. The average molecular weight is 271 g/mol. The lowest BCUT2D eigenvalue weighted by Crippen LogP contribution is -2.26. The zero-order valence-electron chi connectivity index (χ0n) is 11.0. The summed E-state index contributed by atoms with van der Waals surface area (Å²) in [6, 6.07) is 9.14. The van der Waals surface area contributed by atoms with Crippen molar-refractivity contribution in [2.45, 2.75) is 13.2 Å². The van der Waals surface area contributed by atoms with Crippen LogP contribution in [0, 0.1) is 11.3 Å². The predicted octanol–water partition coefficient (Wildman–Crippen LogP) is 1.05. The van der Waals surface area contributed by atoms with Crippen LogP contribution in [0.3, 0.4) is 0 Å². The Bertz CT molecular complexity index is 735. The van der Waals surface area contributed by atoms with Gasteiger partial charge in [-0.3, -0.25) is 9.48 Å². The average Bonchev–Trinajstić information content (AvgIpc) is 2.79. The van der Waals surface area contributed by atoms with E-state index in [1.54, 1.807) is 31.4 Å². The van der Waals surface area contributed by atoms with E-state index in [4.69, 9.17) is 14.7 Å². The maximum atomic E-state index is 12.4. The van der Waals surface area contributed by atoms with Crippen molar-refractivity contribution in [1.82, 2.24) is 9.36 Å². The predicted molar refractivity (Wildman–Crippen MR) is 71.0 cm³/mol. The fourth-order valence-electron chi connectivity index (χ4n) is 2.38. The van der Waals surface area contributed by atoms with E-state index in [0.29, 0.717) is 31.1 Å². The molecule has 0 bridgehead atoms. The van der Waals surface area contributed by atoms with Gasteiger partial charge >= 0.3 is 0 Å². The van der Waals surface area contributed by atoms with Gasteiger partial charge in [-0.2, -0.15) is 5.26 Å². The minimum atomic E-state index is -0.307. The Morgan fingerprint density at radius 2 is 2.10 bits per heavy atom. The van der Waals surface area contributed by atoms with Crippen LogP contribution < -0.4 is 10.3 Å². The Labute approximate surface area is 115 Å². The molecule has 20 heavy (non-hydrogen) atoms. The number of benzene rings is 1. The first kappa shape index (κ1) is 12.5. The first-order chi connectivity index (χ1) is 9.76. The summed E-state index contributed by atoms with van der Waals surface area (Å²) < 4.78 is 13.8. The molecule has 1 aliphatic heterocycles. The molecule has 0 fully saturated rings. The highest BCUT2D eigenvalue weighted by Gasteiger charge is 2.23. The van der Waals surface area contributed by atoms with Crippen molar-refractivity contribution in [3.63, 3.8) is 0 Å². The molecule has 0 radical (unpaired) electrons. The first-order valence-corrected chi connectivity index (χ1v) is 6.23. The number of nitrogens with zero attached hydrogens (tertiary/aromatic N) is 3. The van der Waals surface area contributed by atoms with Gasteiger partial charge in [0.2, 0.25) is 0 Å². The van der Waals surface area contributed by atoms with E-state index in [2.05, 4.69) is 0 Å². The maximum absolute atomic E-state index is 12.4. The lowest BCUT2D eigenvalue weighted by Gasteiger charge is -2.19. The zero-order chi connectivity index (χ0) is 14.1. The molecule has 0 amide bonds. The summed E-state index contributed by atoms with van der Waals surface area (Å²) in [6.07, 6.45) is 0. The molecule has 0 unspecified atom stereocenters. The molecule has 0 atom stereocenters. The number of fused-ring (bicyclic) bond motifs is 1. The van der Waals surface area contributed by atoms with E-state index in [1.165, 1.54) is 4.68 Å². The third-order valence-corrected chi connectivity index (χ3v) is 3.36. The van der Waals surface area contributed by atoms with Gasteiger partial charge in [-0.05, 0) is 24.3 Å². The van der Waals surface area contributed by atoms with Crippen LogP contribution in [-0.2, 0) is 17.9 Å². The van der Waals surface area contributed by atoms with Gasteiger partial charge in [0.05, 0.1) is 38.2 Å². The van der Waals surface area contributed by atoms with Gasteiger partial charge in [0.1, 0.15) is 17.4 Å². The van der Waals surface area contributed by atoms with Gasteiger partial charge in [-0.1, -0.05) is 0 Å². The molecule has 0 aliphatic carbocycles. The highest BCUT2D eigenvalue weighted by molar-refractivity contribution is 5.41. The van der Waals surface area contributed by atoms with Crippen molar-refractivity contribution in [1.29, 1.82) is 5.26 Å². The molecule has 0 spiro atoms. The summed E-state index contributed by atoms with van der Waals surface area (Å²) in [5.74, 6) is 0.719. The molecule has 1 aliphatic rings. The Morgan fingerprint density at radius 3 is 2.75 bits per heavy atom. The number of methoxy groups -OCH3 is 1. The van der Waals surface area contributed by atoms with Crippen LogP contribution in [0.4, 0.5) is 0 Å². The molecule has 3 rings (SSSR count). The molecular weight excluding hydrogens is 258 g/mol. The number of hydrogen-bond acceptors (Lipinski definition) is 4. The zero-order valence-corrected chi connectivity index (χ0v) is 11.0. The van der Waals surface area contributed by atoms with Crippen LogP contribution in [0.15, 0.2) is 29.1 Å². The monoisotopic (exact) mass is 271 g/mol. The SMILES string of the molecule is COc1ccc(-n2c(=O)c(C#N)c3n2CCOC3)cc1. The van der Waals surface area contributed by atoms with Crippen molar-refractivity contribution >= 4 is 0 Å². The van der Waals surface area contributed by atoms with Crippen LogP contribution in [0.5, 0.6) is 5.75 Å². The fraction of sp³-hybridized carbons (Fsp3) is 0.286. The Kier molecular flexibility index (Phi) is 3.05. The molecule has 0 saturated carbocycles. The molecular formula is C14H13N3O3. The minimum Gasteiger partial charge on any atom is -0.497 e. The summed E-state index contributed by atoms with van der Waals surface area (Å²) >= 11 is 0. The van der Waals surface area contributed by atoms with Crippen LogP contribution in [0.2, 0.25) is 0 Å². The molecule has 0 saturated heterocycles. The van der Waals surface area contributed by atoms with Crippen LogP contribution in [0.1, 0.15) is 11.3 Å². The second kappa shape index (κ2) is 4.87. The standard InChI is InChI=1S/C14H13N3O3/c1-19-11-4-2-10(3-5-11)17-14(18)12(8-15)13-9-20-7-6-16(13)17/h2-5H,6-7,9H2,1H3. The molecule has 0 N–H and O–H groups in total. The molecule has 1 aromatic carbocycles. The van der Waals surface area contributed by atoms with Crippen molar-refractivity contribution in [2.24, 2.45) is 0 Å². The lowest BCUT2D eigenvalue weighted by molar-refractivity contribution is 0.0770. The second-order valence-electron chi connectivity index (χ2n) is 4.42. The lowest BCUT2D eigenvalue weighted by atomic mass is 10.2. The number of ether oxygens (including phenoxy) is 2. The third-order valence-electron chi connectivity index (χ3n) is 3.36. The highest BCUT2D eigenvalue weighted by Crippen LogP contribution is 2.18.